The zero-order chi connectivity index (χ0) is 23.8. The third-order valence-corrected chi connectivity index (χ3v) is 9.70. The summed E-state index contributed by atoms with van der Waals surface area (Å²) in [5.41, 5.74) is 4.33. The SMILES string of the molecule is C[C@H](CCCC(C)(C)O)[C@H]1CC[C@H]2/C(=C/C(CC3CC3)=C3C[C@@H](O)C[C@H](O)C3)CCC[C@]12C. The predicted octanol–water partition coefficient (Wildman–Crippen LogP) is 6.71. The molecule has 0 saturated heterocycles. The number of fused-ring (bicyclic) bond motifs is 1. The Kier molecular flexibility index (Phi) is 7.83. The molecule has 33 heavy (non-hydrogen) atoms. The van der Waals surface area contributed by atoms with E-state index in [4.69, 9.17) is 0 Å². The van der Waals surface area contributed by atoms with Gasteiger partial charge >= 0.3 is 0 Å². The van der Waals surface area contributed by atoms with Gasteiger partial charge in [0.15, 0.2) is 0 Å². The van der Waals surface area contributed by atoms with Gasteiger partial charge in [0.05, 0.1) is 17.8 Å². The molecule has 0 amide bonds. The van der Waals surface area contributed by atoms with Crippen LogP contribution in [0.2, 0.25) is 0 Å². The first-order valence-corrected chi connectivity index (χ1v) is 14.0. The molecule has 0 aromatic heterocycles. The standard InChI is InChI=1S/C30H50O3/c1-20(7-5-13-29(2,3)33)27-11-12-28-22(8-6-14-30(27,28)4)16-23(15-21-9-10-21)24-17-25(31)19-26(32)18-24/h16,20-21,25-28,31-33H,5-15,17-19H2,1-4H3/b22-16+/t20-,25-,26-,27-,28+,30-/m1/s1. The average Bonchev–Trinajstić information content (AvgIpc) is 3.44. The van der Waals surface area contributed by atoms with Gasteiger partial charge in [-0.15, -0.1) is 0 Å². The van der Waals surface area contributed by atoms with Gasteiger partial charge in [-0.25, -0.2) is 0 Å². The lowest BCUT2D eigenvalue weighted by Crippen LogP contribution is -2.36. The van der Waals surface area contributed by atoms with E-state index in [1.807, 2.05) is 13.8 Å². The predicted molar refractivity (Wildman–Crippen MR) is 136 cm³/mol. The van der Waals surface area contributed by atoms with E-state index in [1.54, 1.807) is 5.57 Å². The van der Waals surface area contributed by atoms with Gasteiger partial charge < -0.3 is 15.3 Å². The van der Waals surface area contributed by atoms with Gasteiger partial charge in [0, 0.05) is 0 Å². The monoisotopic (exact) mass is 458 g/mol. The van der Waals surface area contributed by atoms with Crippen molar-refractivity contribution >= 4 is 0 Å². The summed E-state index contributed by atoms with van der Waals surface area (Å²) in [4.78, 5) is 0. The summed E-state index contributed by atoms with van der Waals surface area (Å²) in [6.45, 7) is 8.91. The second-order valence-corrected chi connectivity index (χ2v) is 13.2. The molecule has 0 spiro atoms. The molecule has 4 fully saturated rings. The van der Waals surface area contributed by atoms with Crippen molar-refractivity contribution in [3.05, 3.63) is 22.8 Å². The van der Waals surface area contributed by atoms with E-state index >= 15 is 0 Å². The van der Waals surface area contributed by atoms with Crippen molar-refractivity contribution in [3.63, 3.8) is 0 Å². The maximum Gasteiger partial charge on any atom is 0.0602 e. The maximum atomic E-state index is 10.3. The highest BCUT2D eigenvalue weighted by Gasteiger charge is 2.50. The Labute approximate surface area is 202 Å². The summed E-state index contributed by atoms with van der Waals surface area (Å²) in [6, 6.07) is 0. The maximum absolute atomic E-state index is 10.3. The number of hydrogen-bond acceptors (Lipinski definition) is 3. The summed E-state index contributed by atoms with van der Waals surface area (Å²) < 4.78 is 0. The van der Waals surface area contributed by atoms with Crippen LogP contribution in [0.3, 0.4) is 0 Å². The Balaban J connectivity index is 1.51. The van der Waals surface area contributed by atoms with E-state index in [9.17, 15) is 15.3 Å². The summed E-state index contributed by atoms with van der Waals surface area (Å²) in [5.74, 6) is 3.02. The second kappa shape index (κ2) is 10.2. The molecule has 0 radical (unpaired) electrons. The highest BCUT2D eigenvalue weighted by molar-refractivity contribution is 5.34. The quantitative estimate of drug-likeness (QED) is 0.379. The van der Waals surface area contributed by atoms with Crippen LogP contribution in [-0.4, -0.2) is 33.1 Å². The highest BCUT2D eigenvalue weighted by atomic mass is 16.3. The number of rotatable bonds is 8. The minimum Gasteiger partial charge on any atom is -0.393 e. The van der Waals surface area contributed by atoms with Gasteiger partial charge in [0.2, 0.25) is 0 Å². The fourth-order valence-corrected chi connectivity index (χ4v) is 7.80. The Morgan fingerprint density at radius 2 is 1.82 bits per heavy atom. The number of aliphatic hydroxyl groups excluding tert-OH is 2. The number of aliphatic hydroxyl groups is 3. The van der Waals surface area contributed by atoms with Gasteiger partial charge in [-0.3, -0.25) is 0 Å². The normalized spacial score (nSPS) is 37.3. The Morgan fingerprint density at radius 1 is 1.12 bits per heavy atom. The van der Waals surface area contributed by atoms with Crippen molar-refractivity contribution in [2.75, 3.05) is 0 Å². The van der Waals surface area contributed by atoms with Crippen molar-refractivity contribution < 1.29 is 15.3 Å². The molecule has 4 aliphatic rings. The van der Waals surface area contributed by atoms with Crippen LogP contribution in [0.15, 0.2) is 22.8 Å². The summed E-state index contributed by atoms with van der Waals surface area (Å²) in [7, 11) is 0. The summed E-state index contributed by atoms with van der Waals surface area (Å²) >= 11 is 0. The van der Waals surface area contributed by atoms with Gasteiger partial charge in [0.25, 0.3) is 0 Å². The van der Waals surface area contributed by atoms with E-state index < -0.39 is 5.60 Å². The molecule has 0 aliphatic heterocycles. The molecular weight excluding hydrogens is 408 g/mol. The van der Waals surface area contributed by atoms with Crippen LogP contribution < -0.4 is 0 Å². The topological polar surface area (TPSA) is 60.7 Å². The van der Waals surface area contributed by atoms with Crippen LogP contribution >= 0.6 is 0 Å². The van der Waals surface area contributed by atoms with E-state index in [1.165, 1.54) is 62.5 Å². The zero-order valence-electron chi connectivity index (χ0n) is 21.8. The lowest BCUT2D eigenvalue weighted by molar-refractivity contribution is 0.0589. The molecular formula is C30H50O3. The minimum atomic E-state index is -0.547. The first kappa shape index (κ1) is 25.5. The van der Waals surface area contributed by atoms with Crippen LogP contribution in [0.25, 0.3) is 0 Å². The van der Waals surface area contributed by atoms with Gasteiger partial charge in [-0.2, -0.15) is 0 Å². The smallest absolute Gasteiger partial charge is 0.0602 e. The van der Waals surface area contributed by atoms with Crippen LogP contribution in [-0.2, 0) is 0 Å². The van der Waals surface area contributed by atoms with E-state index in [0.29, 0.717) is 17.8 Å². The molecule has 0 aromatic rings. The number of hydrogen-bond donors (Lipinski definition) is 3. The molecule has 6 atom stereocenters. The molecule has 0 unspecified atom stereocenters. The zero-order valence-corrected chi connectivity index (χ0v) is 21.8. The number of allylic oxidation sites excluding steroid dienone is 3. The third kappa shape index (κ3) is 6.33. The molecule has 4 saturated carbocycles. The van der Waals surface area contributed by atoms with E-state index in [-0.39, 0.29) is 12.2 Å². The largest absolute Gasteiger partial charge is 0.393 e. The molecule has 3 nitrogen and oxygen atoms in total. The van der Waals surface area contributed by atoms with Crippen LogP contribution in [0.1, 0.15) is 118 Å². The van der Waals surface area contributed by atoms with Crippen molar-refractivity contribution in [2.45, 2.75) is 135 Å². The van der Waals surface area contributed by atoms with Crippen LogP contribution in [0.4, 0.5) is 0 Å². The molecule has 4 rings (SSSR count). The average molecular weight is 459 g/mol. The van der Waals surface area contributed by atoms with Crippen molar-refractivity contribution in [1.82, 2.24) is 0 Å². The first-order valence-electron chi connectivity index (χ1n) is 14.0. The third-order valence-electron chi connectivity index (χ3n) is 9.70. The van der Waals surface area contributed by atoms with Crippen molar-refractivity contribution in [1.29, 1.82) is 0 Å². The highest BCUT2D eigenvalue weighted by Crippen LogP contribution is 2.60. The van der Waals surface area contributed by atoms with Crippen LogP contribution in [0.5, 0.6) is 0 Å². The summed E-state index contributed by atoms with van der Waals surface area (Å²) in [5, 5.41) is 30.8. The van der Waals surface area contributed by atoms with Gasteiger partial charge in [-0.05, 0) is 126 Å². The molecule has 3 N–H and O–H groups in total. The summed E-state index contributed by atoms with van der Waals surface area (Å²) in [6.07, 6.45) is 17.5. The fraction of sp³-hybridized carbons (Fsp3) is 0.867. The Hall–Kier alpha value is -0.640. The molecule has 4 aliphatic carbocycles. The molecule has 0 bridgehead atoms. The Morgan fingerprint density at radius 3 is 2.45 bits per heavy atom. The molecule has 0 aromatic carbocycles. The first-order chi connectivity index (χ1) is 15.5. The minimum absolute atomic E-state index is 0.381. The molecule has 3 heteroatoms. The van der Waals surface area contributed by atoms with Gasteiger partial charge in [-0.1, -0.05) is 43.9 Å². The molecule has 0 heterocycles. The lowest BCUT2D eigenvalue weighted by Gasteiger charge is -2.44. The van der Waals surface area contributed by atoms with Crippen molar-refractivity contribution in [3.8, 4) is 0 Å². The van der Waals surface area contributed by atoms with Crippen molar-refractivity contribution in [2.24, 2.45) is 29.1 Å². The second-order valence-electron chi connectivity index (χ2n) is 13.2. The van der Waals surface area contributed by atoms with Gasteiger partial charge in [0.1, 0.15) is 0 Å². The molecule has 188 valence electrons. The van der Waals surface area contributed by atoms with E-state index in [0.717, 1.165) is 49.9 Å². The fourth-order valence-electron chi connectivity index (χ4n) is 7.80. The lowest BCUT2D eigenvalue weighted by atomic mass is 9.60. The van der Waals surface area contributed by atoms with Crippen LogP contribution in [0, 0.1) is 29.1 Å². The Bertz CT molecular complexity index is 728. The van der Waals surface area contributed by atoms with E-state index in [2.05, 4.69) is 19.9 Å².